The van der Waals surface area contributed by atoms with Crippen molar-refractivity contribution in [1.82, 2.24) is 5.32 Å². The van der Waals surface area contributed by atoms with Crippen molar-refractivity contribution in [3.05, 3.63) is 22.4 Å². The highest BCUT2D eigenvalue weighted by Gasteiger charge is 2.06. The molecule has 0 spiro atoms. The molecule has 0 bridgehead atoms. The van der Waals surface area contributed by atoms with Gasteiger partial charge in [0.1, 0.15) is 0 Å². The predicted octanol–water partition coefficient (Wildman–Crippen LogP) is 2.55. The summed E-state index contributed by atoms with van der Waals surface area (Å²) in [5, 5.41) is 7.88. The van der Waals surface area contributed by atoms with Gasteiger partial charge in [0.25, 0.3) is 0 Å². The summed E-state index contributed by atoms with van der Waals surface area (Å²) in [6, 6.07) is 2.74. The average molecular weight is 227 g/mol. The molecule has 0 saturated carbocycles. The minimum Gasteiger partial charge on any atom is -0.384 e. The molecule has 1 aromatic rings. The molecule has 1 rings (SSSR count). The van der Waals surface area contributed by atoms with Gasteiger partial charge < -0.3 is 10.1 Å². The molecule has 1 aromatic heterocycles. The second kappa shape index (κ2) is 6.99. The minimum atomic E-state index is 0.541. The number of nitrogens with one attached hydrogen (secondary N) is 1. The Balaban J connectivity index is 2.16. The monoisotopic (exact) mass is 227 g/mol. The molecule has 0 aliphatic rings. The fraction of sp³-hybridized carbons (Fsp3) is 0.667. The van der Waals surface area contributed by atoms with Gasteiger partial charge in [-0.15, -0.1) is 0 Å². The Morgan fingerprint density at radius 3 is 2.87 bits per heavy atom. The van der Waals surface area contributed by atoms with E-state index in [1.54, 1.807) is 18.4 Å². The summed E-state index contributed by atoms with van der Waals surface area (Å²) in [5.41, 5.74) is 1.43. The molecular formula is C12H21NOS. The SMILES string of the molecule is COCC(C)CNC(C)Cc1ccsc1. The van der Waals surface area contributed by atoms with Gasteiger partial charge >= 0.3 is 0 Å². The van der Waals surface area contributed by atoms with Crippen LogP contribution in [0.2, 0.25) is 0 Å². The van der Waals surface area contributed by atoms with Gasteiger partial charge in [-0.2, -0.15) is 11.3 Å². The zero-order valence-electron chi connectivity index (χ0n) is 9.82. The molecule has 15 heavy (non-hydrogen) atoms. The van der Waals surface area contributed by atoms with Gasteiger partial charge in [-0.1, -0.05) is 6.92 Å². The summed E-state index contributed by atoms with van der Waals surface area (Å²) in [5.74, 6) is 0.583. The zero-order chi connectivity index (χ0) is 11.1. The van der Waals surface area contributed by atoms with Crippen LogP contribution in [0.25, 0.3) is 0 Å². The summed E-state index contributed by atoms with van der Waals surface area (Å²) < 4.78 is 5.10. The molecule has 0 aliphatic heterocycles. The first kappa shape index (κ1) is 12.7. The van der Waals surface area contributed by atoms with E-state index in [4.69, 9.17) is 4.74 Å². The normalized spacial score (nSPS) is 15.1. The third-order valence-corrected chi connectivity index (χ3v) is 3.12. The zero-order valence-corrected chi connectivity index (χ0v) is 10.6. The predicted molar refractivity (Wildman–Crippen MR) is 66.5 cm³/mol. The van der Waals surface area contributed by atoms with Gasteiger partial charge in [0.15, 0.2) is 0 Å². The van der Waals surface area contributed by atoms with Crippen molar-refractivity contribution in [2.75, 3.05) is 20.3 Å². The smallest absolute Gasteiger partial charge is 0.0499 e. The van der Waals surface area contributed by atoms with Crippen molar-refractivity contribution < 1.29 is 4.74 Å². The van der Waals surface area contributed by atoms with E-state index in [1.165, 1.54) is 5.56 Å². The Kier molecular flexibility index (Phi) is 5.91. The molecule has 0 aromatic carbocycles. The maximum absolute atomic E-state index is 5.10. The highest BCUT2D eigenvalue weighted by atomic mass is 32.1. The van der Waals surface area contributed by atoms with Gasteiger partial charge in [0.2, 0.25) is 0 Å². The second-order valence-electron chi connectivity index (χ2n) is 4.21. The molecule has 3 heteroatoms. The topological polar surface area (TPSA) is 21.3 Å². The quantitative estimate of drug-likeness (QED) is 0.773. The standard InChI is InChI=1S/C12H21NOS/c1-10(8-14-3)7-13-11(2)6-12-4-5-15-9-12/h4-5,9-11,13H,6-8H2,1-3H3. The summed E-state index contributed by atoms with van der Waals surface area (Å²) in [6.07, 6.45) is 1.11. The molecule has 2 atom stereocenters. The lowest BCUT2D eigenvalue weighted by atomic mass is 10.1. The Bertz CT molecular complexity index is 248. The van der Waals surface area contributed by atoms with Gasteiger partial charge in [-0.05, 0) is 41.7 Å². The van der Waals surface area contributed by atoms with Crippen LogP contribution in [0.15, 0.2) is 16.8 Å². The highest BCUT2D eigenvalue weighted by molar-refractivity contribution is 7.07. The molecule has 0 saturated heterocycles. The molecule has 2 unspecified atom stereocenters. The maximum Gasteiger partial charge on any atom is 0.0499 e. The number of ether oxygens (including phenoxy) is 1. The number of methoxy groups -OCH3 is 1. The van der Waals surface area contributed by atoms with Gasteiger partial charge in [-0.3, -0.25) is 0 Å². The number of thiophene rings is 1. The third-order valence-electron chi connectivity index (χ3n) is 2.39. The molecule has 1 N–H and O–H groups in total. The van der Waals surface area contributed by atoms with E-state index in [-0.39, 0.29) is 0 Å². The van der Waals surface area contributed by atoms with Crippen LogP contribution in [0.1, 0.15) is 19.4 Å². The van der Waals surface area contributed by atoms with E-state index in [0.29, 0.717) is 12.0 Å². The lowest BCUT2D eigenvalue weighted by Crippen LogP contribution is -2.33. The van der Waals surface area contributed by atoms with Crippen molar-refractivity contribution in [3.8, 4) is 0 Å². The van der Waals surface area contributed by atoms with Crippen LogP contribution in [0.5, 0.6) is 0 Å². The first-order valence-corrected chi connectivity index (χ1v) is 6.40. The fourth-order valence-corrected chi connectivity index (χ4v) is 2.26. The Morgan fingerprint density at radius 1 is 1.47 bits per heavy atom. The summed E-state index contributed by atoms with van der Waals surface area (Å²) in [6.45, 7) is 6.29. The van der Waals surface area contributed by atoms with Crippen LogP contribution in [0, 0.1) is 5.92 Å². The average Bonchev–Trinajstić information content (AvgIpc) is 2.68. The van der Waals surface area contributed by atoms with Gasteiger partial charge in [-0.25, -0.2) is 0 Å². The second-order valence-corrected chi connectivity index (χ2v) is 4.99. The van der Waals surface area contributed by atoms with Crippen molar-refractivity contribution in [3.63, 3.8) is 0 Å². The summed E-state index contributed by atoms with van der Waals surface area (Å²) in [7, 11) is 1.76. The highest BCUT2D eigenvalue weighted by Crippen LogP contribution is 2.08. The Morgan fingerprint density at radius 2 is 2.27 bits per heavy atom. The van der Waals surface area contributed by atoms with Crippen LogP contribution in [-0.2, 0) is 11.2 Å². The molecule has 0 fully saturated rings. The molecule has 86 valence electrons. The van der Waals surface area contributed by atoms with Crippen LogP contribution in [-0.4, -0.2) is 26.3 Å². The van der Waals surface area contributed by atoms with E-state index in [2.05, 4.69) is 36.0 Å². The lowest BCUT2D eigenvalue weighted by molar-refractivity contribution is 0.157. The lowest BCUT2D eigenvalue weighted by Gasteiger charge is -2.16. The van der Waals surface area contributed by atoms with E-state index in [1.807, 2.05) is 0 Å². The van der Waals surface area contributed by atoms with E-state index < -0.39 is 0 Å². The van der Waals surface area contributed by atoms with Crippen LogP contribution >= 0.6 is 11.3 Å². The van der Waals surface area contributed by atoms with Crippen LogP contribution < -0.4 is 5.32 Å². The van der Waals surface area contributed by atoms with Gasteiger partial charge in [0.05, 0.1) is 0 Å². The Hall–Kier alpha value is -0.380. The molecule has 2 nitrogen and oxygen atoms in total. The fourth-order valence-electron chi connectivity index (χ4n) is 1.58. The van der Waals surface area contributed by atoms with Crippen LogP contribution in [0.4, 0.5) is 0 Å². The van der Waals surface area contributed by atoms with E-state index >= 15 is 0 Å². The number of hydrogen-bond donors (Lipinski definition) is 1. The summed E-state index contributed by atoms with van der Waals surface area (Å²) >= 11 is 1.77. The van der Waals surface area contributed by atoms with Crippen LogP contribution in [0.3, 0.4) is 0 Å². The molecule has 0 aliphatic carbocycles. The first-order chi connectivity index (χ1) is 7.22. The van der Waals surface area contributed by atoms with Crippen molar-refractivity contribution in [2.24, 2.45) is 5.92 Å². The van der Waals surface area contributed by atoms with Crippen molar-refractivity contribution in [1.29, 1.82) is 0 Å². The van der Waals surface area contributed by atoms with Crippen molar-refractivity contribution in [2.45, 2.75) is 26.3 Å². The van der Waals surface area contributed by atoms with Crippen molar-refractivity contribution >= 4 is 11.3 Å². The summed E-state index contributed by atoms with van der Waals surface area (Å²) in [4.78, 5) is 0. The molecule has 1 heterocycles. The molecule has 0 amide bonds. The minimum absolute atomic E-state index is 0.541. The van der Waals surface area contributed by atoms with E-state index in [0.717, 1.165) is 19.6 Å². The first-order valence-electron chi connectivity index (χ1n) is 5.45. The number of rotatable bonds is 7. The largest absolute Gasteiger partial charge is 0.384 e. The van der Waals surface area contributed by atoms with Gasteiger partial charge in [0, 0.05) is 26.3 Å². The third kappa shape index (κ3) is 5.30. The van der Waals surface area contributed by atoms with E-state index in [9.17, 15) is 0 Å². The molecular weight excluding hydrogens is 206 g/mol. The molecule has 0 radical (unpaired) electrons. The number of hydrogen-bond acceptors (Lipinski definition) is 3. The Labute approximate surface area is 96.7 Å². The maximum atomic E-state index is 5.10.